The van der Waals surface area contributed by atoms with Crippen molar-refractivity contribution in [2.75, 3.05) is 5.32 Å². The van der Waals surface area contributed by atoms with Crippen LogP contribution in [0.5, 0.6) is 0 Å². The van der Waals surface area contributed by atoms with Crippen molar-refractivity contribution >= 4 is 38.6 Å². The molecule has 2 aromatic heterocycles. The van der Waals surface area contributed by atoms with Crippen molar-refractivity contribution < 1.29 is 9.32 Å². The molecule has 0 aliphatic carbocycles. The van der Waals surface area contributed by atoms with Crippen LogP contribution in [-0.2, 0) is 17.8 Å². The average molecular weight is 411 g/mol. The summed E-state index contributed by atoms with van der Waals surface area (Å²) >= 11 is 3.42. The minimum absolute atomic E-state index is 0.139. The lowest BCUT2D eigenvalue weighted by molar-refractivity contribution is -0.115. The third kappa shape index (κ3) is 3.52. The topological polar surface area (TPSA) is 73.0 Å². The number of fused-ring (bicyclic) bond motifs is 1. The van der Waals surface area contributed by atoms with E-state index in [2.05, 4.69) is 31.5 Å². The predicted molar refractivity (Wildman–Crippen MR) is 102 cm³/mol. The largest absolute Gasteiger partial charge is 0.356 e. The Labute approximate surface area is 157 Å². The Morgan fingerprint density at radius 3 is 2.77 bits per heavy atom. The summed E-state index contributed by atoms with van der Waals surface area (Å²) in [5, 5.41) is 12.0. The fraction of sp³-hybridized carbons (Fsp3) is 0.105. The van der Waals surface area contributed by atoms with Gasteiger partial charge in [0.1, 0.15) is 11.5 Å². The molecule has 0 aliphatic heterocycles. The third-order valence-electron chi connectivity index (χ3n) is 4.01. The number of nitrogens with one attached hydrogen (secondary N) is 1. The van der Waals surface area contributed by atoms with Gasteiger partial charge in [-0.1, -0.05) is 45.4 Å². The van der Waals surface area contributed by atoms with Gasteiger partial charge < -0.3 is 9.84 Å². The van der Waals surface area contributed by atoms with Crippen molar-refractivity contribution in [3.63, 3.8) is 0 Å². The fourth-order valence-electron chi connectivity index (χ4n) is 2.73. The van der Waals surface area contributed by atoms with Gasteiger partial charge in [-0.3, -0.25) is 4.79 Å². The quantitative estimate of drug-likeness (QED) is 0.539. The first-order chi connectivity index (χ1) is 12.7. The van der Waals surface area contributed by atoms with E-state index in [9.17, 15) is 4.79 Å². The number of benzene rings is 2. The second kappa shape index (κ2) is 7.13. The standard InChI is InChI=1S/C19H15BrN4O2/c20-14-7-5-13(6-8-14)12-24-18(9-10-21-24)22-19(25)11-16-15-3-1-2-4-17(15)26-23-16/h1-10H,11-12H2,(H,22,25). The summed E-state index contributed by atoms with van der Waals surface area (Å²) < 4.78 is 8.02. The molecule has 0 saturated heterocycles. The molecule has 0 spiro atoms. The van der Waals surface area contributed by atoms with E-state index in [1.54, 1.807) is 16.9 Å². The van der Waals surface area contributed by atoms with E-state index in [0.29, 0.717) is 23.6 Å². The lowest BCUT2D eigenvalue weighted by Gasteiger charge is -2.09. The molecule has 0 aliphatic rings. The van der Waals surface area contributed by atoms with Crippen LogP contribution in [0, 0.1) is 0 Å². The Morgan fingerprint density at radius 2 is 1.92 bits per heavy atom. The maximum absolute atomic E-state index is 12.4. The molecule has 4 rings (SSSR count). The molecule has 0 atom stereocenters. The minimum Gasteiger partial charge on any atom is -0.356 e. The number of rotatable bonds is 5. The number of carbonyl (C=O) groups excluding carboxylic acids is 1. The monoisotopic (exact) mass is 410 g/mol. The molecule has 26 heavy (non-hydrogen) atoms. The Kier molecular flexibility index (Phi) is 4.53. The van der Waals surface area contributed by atoms with Crippen molar-refractivity contribution in [2.45, 2.75) is 13.0 Å². The van der Waals surface area contributed by atoms with Gasteiger partial charge in [-0.25, -0.2) is 4.68 Å². The summed E-state index contributed by atoms with van der Waals surface area (Å²) in [6, 6.07) is 17.3. The number of carbonyl (C=O) groups is 1. The van der Waals surface area contributed by atoms with E-state index in [1.165, 1.54) is 0 Å². The zero-order valence-corrected chi connectivity index (χ0v) is 15.3. The van der Waals surface area contributed by atoms with Crippen LogP contribution in [-0.4, -0.2) is 20.8 Å². The van der Waals surface area contributed by atoms with Gasteiger partial charge in [0.2, 0.25) is 5.91 Å². The lowest BCUT2D eigenvalue weighted by Crippen LogP contribution is -2.18. The van der Waals surface area contributed by atoms with Crippen molar-refractivity contribution in [3.8, 4) is 0 Å². The van der Waals surface area contributed by atoms with Gasteiger partial charge in [-0.05, 0) is 29.8 Å². The molecule has 0 bridgehead atoms. The molecule has 7 heteroatoms. The van der Waals surface area contributed by atoms with Crippen LogP contribution < -0.4 is 5.32 Å². The molecular formula is C19H15BrN4O2. The molecule has 6 nitrogen and oxygen atoms in total. The Balaban J connectivity index is 1.46. The molecule has 0 unspecified atom stereocenters. The molecule has 0 fully saturated rings. The number of anilines is 1. The minimum atomic E-state index is -0.165. The van der Waals surface area contributed by atoms with Crippen molar-refractivity contribution in [1.82, 2.24) is 14.9 Å². The van der Waals surface area contributed by atoms with Gasteiger partial charge in [0.15, 0.2) is 5.58 Å². The molecule has 130 valence electrons. The molecule has 0 saturated carbocycles. The Morgan fingerprint density at radius 1 is 1.12 bits per heavy atom. The zero-order chi connectivity index (χ0) is 17.9. The number of halogens is 1. The second-order valence-electron chi connectivity index (χ2n) is 5.85. The highest BCUT2D eigenvalue weighted by molar-refractivity contribution is 9.10. The predicted octanol–water partition coefficient (Wildman–Crippen LogP) is 4.02. The molecule has 2 heterocycles. The summed E-state index contributed by atoms with van der Waals surface area (Å²) in [6.07, 6.45) is 1.81. The van der Waals surface area contributed by atoms with Crippen LogP contribution >= 0.6 is 15.9 Å². The van der Waals surface area contributed by atoms with Gasteiger partial charge in [-0.2, -0.15) is 5.10 Å². The first-order valence-corrected chi connectivity index (χ1v) is 8.88. The van der Waals surface area contributed by atoms with Crippen molar-refractivity contribution in [2.24, 2.45) is 0 Å². The molecule has 0 radical (unpaired) electrons. The Hall–Kier alpha value is -2.93. The summed E-state index contributed by atoms with van der Waals surface area (Å²) in [6.45, 7) is 0.572. The maximum atomic E-state index is 12.4. The van der Waals surface area contributed by atoms with Crippen molar-refractivity contribution in [1.29, 1.82) is 0 Å². The Bertz CT molecular complexity index is 1050. The van der Waals surface area contributed by atoms with E-state index in [0.717, 1.165) is 15.4 Å². The number of hydrogen-bond acceptors (Lipinski definition) is 4. The smallest absolute Gasteiger partial charge is 0.231 e. The fourth-order valence-corrected chi connectivity index (χ4v) is 3.00. The first-order valence-electron chi connectivity index (χ1n) is 8.08. The van der Waals surface area contributed by atoms with E-state index in [1.807, 2.05) is 48.5 Å². The van der Waals surface area contributed by atoms with E-state index in [4.69, 9.17) is 4.52 Å². The number of aromatic nitrogens is 3. The SMILES string of the molecule is O=C(Cc1noc2ccccc12)Nc1ccnn1Cc1ccc(Br)cc1. The summed E-state index contributed by atoms with van der Waals surface area (Å²) in [5.74, 6) is 0.479. The van der Waals surface area contributed by atoms with Crippen LogP contribution in [0.25, 0.3) is 11.0 Å². The van der Waals surface area contributed by atoms with E-state index in [-0.39, 0.29) is 12.3 Å². The van der Waals surface area contributed by atoms with Gasteiger partial charge in [0.25, 0.3) is 0 Å². The van der Waals surface area contributed by atoms with E-state index >= 15 is 0 Å². The number of amides is 1. The average Bonchev–Trinajstić information content (AvgIpc) is 3.24. The molecule has 2 aromatic carbocycles. The first kappa shape index (κ1) is 16.5. The number of nitrogens with zero attached hydrogens (tertiary/aromatic N) is 3. The highest BCUT2D eigenvalue weighted by atomic mass is 79.9. The lowest BCUT2D eigenvalue weighted by atomic mass is 10.1. The van der Waals surface area contributed by atoms with Gasteiger partial charge in [-0.15, -0.1) is 0 Å². The van der Waals surface area contributed by atoms with Crippen LogP contribution in [0.15, 0.2) is 69.8 Å². The zero-order valence-electron chi connectivity index (χ0n) is 13.7. The third-order valence-corrected chi connectivity index (χ3v) is 4.54. The summed E-state index contributed by atoms with van der Waals surface area (Å²) in [5.41, 5.74) is 2.39. The molecule has 1 N–H and O–H groups in total. The summed E-state index contributed by atoms with van der Waals surface area (Å²) in [7, 11) is 0. The van der Waals surface area contributed by atoms with Crippen LogP contribution in [0.2, 0.25) is 0 Å². The highest BCUT2D eigenvalue weighted by Crippen LogP contribution is 2.19. The maximum Gasteiger partial charge on any atom is 0.231 e. The van der Waals surface area contributed by atoms with Crippen molar-refractivity contribution in [3.05, 3.63) is 76.5 Å². The van der Waals surface area contributed by atoms with Gasteiger partial charge in [0.05, 0.1) is 19.2 Å². The number of para-hydroxylation sites is 1. The molecule has 4 aromatic rings. The van der Waals surface area contributed by atoms with Gasteiger partial charge >= 0.3 is 0 Å². The second-order valence-corrected chi connectivity index (χ2v) is 6.77. The molecule has 1 amide bonds. The van der Waals surface area contributed by atoms with Crippen LogP contribution in [0.1, 0.15) is 11.3 Å². The van der Waals surface area contributed by atoms with E-state index < -0.39 is 0 Å². The van der Waals surface area contributed by atoms with Crippen LogP contribution in [0.4, 0.5) is 5.82 Å². The van der Waals surface area contributed by atoms with Crippen LogP contribution in [0.3, 0.4) is 0 Å². The van der Waals surface area contributed by atoms with Gasteiger partial charge in [0, 0.05) is 15.9 Å². The normalized spacial score (nSPS) is 11.0. The highest BCUT2D eigenvalue weighted by Gasteiger charge is 2.14. The molecular weight excluding hydrogens is 396 g/mol. The summed E-state index contributed by atoms with van der Waals surface area (Å²) in [4.78, 5) is 12.4. The number of hydrogen-bond donors (Lipinski definition) is 1.